The molecule has 0 aliphatic heterocycles. The van der Waals surface area contributed by atoms with Gasteiger partial charge >= 0.3 is 0 Å². The normalized spacial score (nSPS) is 11.7. The monoisotopic (exact) mass is 436 g/mol. The minimum Gasteiger partial charge on any atom is -0.350 e. The standard InChI is InChI=1S/C20H21ClN2O3S2/c1-4-23(5-2)20(24)18-19(27-17-9-7-6-8-15(17)21)14-11-10-13(28(3,25)26)12-16(14)22-18/h6-12,22H,4-5H2,1-3H3. The number of aromatic amines is 1. The largest absolute Gasteiger partial charge is 0.350 e. The fraction of sp³-hybridized carbons (Fsp3) is 0.250. The van der Waals surface area contributed by atoms with Crippen LogP contribution in [0.25, 0.3) is 10.9 Å². The maximum atomic E-state index is 13.1. The van der Waals surface area contributed by atoms with Crippen LogP contribution in [0, 0.1) is 0 Å². The molecule has 0 saturated heterocycles. The second-order valence-electron chi connectivity index (χ2n) is 6.32. The Morgan fingerprint density at radius 2 is 1.82 bits per heavy atom. The van der Waals surface area contributed by atoms with Crippen LogP contribution in [0.1, 0.15) is 24.3 Å². The molecule has 1 aromatic heterocycles. The smallest absolute Gasteiger partial charge is 0.271 e. The summed E-state index contributed by atoms with van der Waals surface area (Å²) in [5.41, 5.74) is 1.04. The minimum atomic E-state index is -3.35. The molecule has 2 aromatic carbocycles. The van der Waals surface area contributed by atoms with Crippen LogP contribution in [0.15, 0.2) is 57.2 Å². The first kappa shape index (κ1) is 20.8. The molecule has 0 saturated carbocycles. The van der Waals surface area contributed by atoms with E-state index in [1.807, 2.05) is 32.0 Å². The average Bonchev–Trinajstić information content (AvgIpc) is 3.01. The Balaban J connectivity index is 2.21. The maximum absolute atomic E-state index is 13.1. The Bertz CT molecular complexity index is 1140. The van der Waals surface area contributed by atoms with Crippen LogP contribution < -0.4 is 0 Å². The van der Waals surface area contributed by atoms with Gasteiger partial charge in [0.25, 0.3) is 5.91 Å². The van der Waals surface area contributed by atoms with E-state index in [9.17, 15) is 13.2 Å². The molecule has 1 N–H and O–H groups in total. The number of aromatic nitrogens is 1. The van der Waals surface area contributed by atoms with Crippen molar-refractivity contribution in [3.8, 4) is 0 Å². The molecule has 3 aromatic rings. The summed E-state index contributed by atoms with van der Waals surface area (Å²) in [6.07, 6.45) is 1.17. The molecule has 8 heteroatoms. The Morgan fingerprint density at radius 3 is 2.43 bits per heavy atom. The van der Waals surface area contributed by atoms with Gasteiger partial charge in [-0.1, -0.05) is 41.6 Å². The molecule has 148 valence electrons. The van der Waals surface area contributed by atoms with Gasteiger partial charge in [0.15, 0.2) is 9.84 Å². The van der Waals surface area contributed by atoms with Gasteiger partial charge in [-0.25, -0.2) is 8.42 Å². The van der Waals surface area contributed by atoms with Crippen molar-refractivity contribution >= 4 is 50.0 Å². The zero-order valence-electron chi connectivity index (χ0n) is 15.8. The van der Waals surface area contributed by atoms with E-state index in [1.54, 1.807) is 29.2 Å². The first-order chi connectivity index (χ1) is 13.3. The number of fused-ring (bicyclic) bond motifs is 1. The van der Waals surface area contributed by atoms with E-state index >= 15 is 0 Å². The number of sulfone groups is 1. The highest BCUT2D eigenvalue weighted by Crippen LogP contribution is 2.40. The number of nitrogens with zero attached hydrogens (tertiary/aromatic N) is 1. The topological polar surface area (TPSA) is 70.2 Å². The first-order valence-corrected chi connectivity index (χ1v) is 11.9. The van der Waals surface area contributed by atoms with Gasteiger partial charge in [0, 0.05) is 35.1 Å². The highest BCUT2D eigenvalue weighted by Gasteiger charge is 2.23. The number of rotatable bonds is 6. The predicted octanol–water partition coefficient (Wildman–Crippen LogP) is 4.86. The lowest BCUT2D eigenvalue weighted by Gasteiger charge is -2.18. The molecule has 0 fully saturated rings. The predicted molar refractivity (Wildman–Crippen MR) is 114 cm³/mol. The number of nitrogens with one attached hydrogen (secondary N) is 1. The highest BCUT2D eigenvalue weighted by molar-refractivity contribution is 7.99. The summed E-state index contributed by atoms with van der Waals surface area (Å²) in [5.74, 6) is -0.128. The van der Waals surface area contributed by atoms with Crippen LogP contribution in [-0.2, 0) is 9.84 Å². The first-order valence-electron chi connectivity index (χ1n) is 8.83. The van der Waals surface area contributed by atoms with Crippen LogP contribution in [0.4, 0.5) is 0 Å². The molecule has 0 unspecified atom stereocenters. The molecular weight excluding hydrogens is 416 g/mol. The molecule has 3 rings (SSSR count). The number of carbonyl (C=O) groups is 1. The molecule has 0 aliphatic rings. The number of carbonyl (C=O) groups excluding carboxylic acids is 1. The number of hydrogen-bond acceptors (Lipinski definition) is 4. The summed E-state index contributed by atoms with van der Waals surface area (Å²) in [7, 11) is -3.35. The third-order valence-electron chi connectivity index (χ3n) is 4.46. The molecule has 1 amide bonds. The second kappa shape index (κ2) is 8.19. The zero-order chi connectivity index (χ0) is 20.5. The van der Waals surface area contributed by atoms with E-state index in [1.165, 1.54) is 18.0 Å². The van der Waals surface area contributed by atoms with E-state index < -0.39 is 9.84 Å². The SMILES string of the molecule is CCN(CC)C(=O)c1[nH]c2cc(S(C)(=O)=O)ccc2c1Sc1ccccc1Cl. The molecule has 28 heavy (non-hydrogen) atoms. The van der Waals surface area contributed by atoms with Crippen LogP contribution in [0.5, 0.6) is 0 Å². The number of halogens is 1. The van der Waals surface area contributed by atoms with Gasteiger partial charge in [-0.15, -0.1) is 0 Å². The lowest BCUT2D eigenvalue weighted by Crippen LogP contribution is -2.31. The van der Waals surface area contributed by atoms with Gasteiger partial charge in [0.1, 0.15) is 5.69 Å². The Labute approximate surface area is 174 Å². The van der Waals surface area contributed by atoms with Gasteiger partial charge in [-0.05, 0) is 38.1 Å². The Hall–Kier alpha value is -1.96. The van der Waals surface area contributed by atoms with Crippen molar-refractivity contribution in [3.63, 3.8) is 0 Å². The van der Waals surface area contributed by atoms with E-state index in [2.05, 4.69) is 4.98 Å². The molecule has 1 heterocycles. The number of H-pyrrole nitrogens is 1. The van der Waals surface area contributed by atoms with E-state index in [0.717, 1.165) is 15.2 Å². The number of amides is 1. The summed E-state index contributed by atoms with van der Waals surface area (Å²) >= 11 is 7.72. The van der Waals surface area contributed by atoms with E-state index in [-0.39, 0.29) is 10.8 Å². The lowest BCUT2D eigenvalue weighted by molar-refractivity contribution is 0.0764. The number of benzene rings is 2. The zero-order valence-corrected chi connectivity index (χ0v) is 18.2. The third kappa shape index (κ3) is 4.06. The molecule has 0 spiro atoms. The average molecular weight is 437 g/mol. The van der Waals surface area contributed by atoms with E-state index in [0.29, 0.717) is 29.3 Å². The fourth-order valence-electron chi connectivity index (χ4n) is 2.94. The highest BCUT2D eigenvalue weighted by atomic mass is 35.5. The van der Waals surface area contributed by atoms with Crippen molar-refractivity contribution in [2.24, 2.45) is 0 Å². The molecule has 0 atom stereocenters. The fourth-order valence-corrected chi connectivity index (χ4v) is 4.90. The van der Waals surface area contributed by atoms with Gasteiger partial charge < -0.3 is 9.88 Å². The van der Waals surface area contributed by atoms with E-state index in [4.69, 9.17) is 11.6 Å². The number of hydrogen-bond donors (Lipinski definition) is 1. The summed E-state index contributed by atoms with van der Waals surface area (Å²) in [6.45, 7) is 5.00. The third-order valence-corrected chi connectivity index (χ3v) is 7.22. The summed E-state index contributed by atoms with van der Waals surface area (Å²) in [4.78, 5) is 19.7. The Morgan fingerprint density at radius 1 is 1.14 bits per heavy atom. The van der Waals surface area contributed by atoms with Gasteiger partial charge in [-0.3, -0.25) is 4.79 Å². The van der Waals surface area contributed by atoms with Gasteiger partial charge in [-0.2, -0.15) is 0 Å². The molecule has 5 nitrogen and oxygen atoms in total. The van der Waals surface area contributed by atoms with Crippen molar-refractivity contribution < 1.29 is 13.2 Å². The van der Waals surface area contributed by atoms with Crippen LogP contribution >= 0.6 is 23.4 Å². The molecular formula is C20H21ClN2O3S2. The summed E-state index contributed by atoms with van der Waals surface area (Å²) in [6, 6.07) is 12.3. The minimum absolute atomic E-state index is 0.128. The summed E-state index contributed by atoms with van der Waals surface area (Å²) in [5, 5.41) is 1.38. The van der Waals surface area contributed by atoms with Crippen molar-refractivity contribution in [2.45, 2.75) is 28.5 Å². The van der Waals surface area contributed by atoms with Crippen molar-refractivity contribution in [1.29, 1.82) is 0 Å². The maximum Gasteiger partial charge on any atom is 0.271 e. The Kier molecular flexibility index (Phi) is 6.07. The summed E-state index contributed by atoms with van der Waals surface area (Å²) < 4.78 is 23.9. The second-order valence-corrected chi connectivity index (χ2v) is 9.79. The lowest BCUT2D eigenvalue weighted by atomic mass is 10.2. The molecule has 0 aliphatic carbocycles. The van der Waals surface area contributed by atoms with Crippen molar-refractivity contribution in [3.05, 3.63) is 53.2 Å². The molecule has 0 bridgehead atoms. The molecule has 0 radical (unpaired) electrons. The van der Waals surface area contributed by atoms with Gasteiger partial charge in [0.2, 0.25) is 0 Å². The van der Waals surface area contributed by atoms with Crippen LogP contribution in [0.3, 0.4) is 0 Å². The van der Waals surface area contributed by atoms with Crippen LogP contribution in [0.2, 0.25) is 5.02 Å². The van der Waals surface area contributed by atoms with Crippen molar-refractivity contribution in [1.82, 2.24) is 9.88 Å². The van der Waals surface area contributed by atoms with Gasteiger partial charge in [0.05, 0.1) is 14.8 Å². The quantitative estimate of drug-likeness (QED) is 0.599. The van der Waals surface area contributed by atoms with Crippen LogP contribution in [-0.4, -0.2) is 43.6 Å². The van der Waals surface area contributed by atoms with Crippen molar-refractivity contribution in [2.75, 3.05) is 19.3 Å².